The lowest BCUT2D eigenvalue weighted by molar-refractivity contribution is 0.0947. The van der Waals surface area contributed by atoms with Crippen LogP contribution in [0.15, 0.2) is 82.4 Å². The van der Waals surface area contributed by atoms with Crippen LogP contribution in [0.3, 0.4) is 0 Å². The number of amides is 1. The summed E-state index contributed by atoms with van der Waals surface area (Å²) in [6.45, 7) is 7.80. The van der Waals surface area contributed by atoms with Gasteiger partial charge in [-0.15, -0.1) is 11.3 Å². The predicted octanol–water partition coefficient (Wildman–Crippen LogP) is 7.75. The number of aliphatic imine (C=N–C) groups is 1. The van der Waals surface area contributed by atoms with Crippen LogP contribution < -0.4 is 10.1 Å². The molecule has 0 aliphatic heterocycles. The molecule has 5 rings (SSSR count). The molecular weight excluding hydrogens is 492 g/mol. The maximum Gasteiger partial charge on any atom is 0.255 e. The van der Waals surface area contributed by atoms with Gasteiger partial charge in [0, 0.05) is 11.1 Å². The van der Waals surface area contributed by atoms with Crippen molar-refractivity contribution in [2.45, 2.75) is 53.2 Å². The number of nitrogens with zero attached hydrogens (tertiary/aromatic N) is 1. The van der Waals surface area contributed by atoms with E-state index in [0.29, 0.717) is 24.6 Å². The molecule has 0 saturated heterocycles. The lowest BCUT2D eigenvalue weighted by Crippen LogP contribution is -2.28. The van der Waals surface area contributed by atoms with Gasteiger partial charge in [0.15, 0.2) is 0 Å². The van der Waals surface area contributed by atoms with Crippen molar-refractivity contribution in [3.63, 3.8) is 0 Å². The second-order valence-electron chi connectivity index (χ2n) is 10.9. The normalized spacial score (nSPS) is 15.4. The Morgan fingerprint density at radius 2 is 1.89 bits per heavy atom. The molecule has 1 aliphatic rings. The molecular formula is C32H34N2O3S. The first-order chi connectivity index (χ1) is 18.4. The van der Waals surface area contributed by atoms with Crippen LogP contribution in [-0.4, -0.2) is 12.1 Å². The number of hydrogen-bond acceptors (Lipinski definition) is 5. The van der Waals surface area contributed by atoms with Gasteiger partial charge >= 0.3 is 0 Å². The van der Waals surface area contributed by atoms with E-state index >= 15 is 0 Å². The molecule has 1 amide bonds. The third-order valence-corrected chi connectivity index (χ3v) is 8.32. The summed E-state index contributed by atoms with van der Waals surface area (Å²) in [5.74, 6) is 2.04. The van der Waals surface area contributed by atoms with Crippen molar-refractivity contribution in [2.75, 3.05) is 0 Å². The SMILES string of the molecule is CC(C)(C)[C@@H]1CCc2c(sc(N=Cc3ccc(OCc4ccccc4)cc3)c2C(=O)NCc2ccco2)C1. The average Bonchev–Trinajstić information content (AvgIpc) is 3.57. The molecule has 2 heterocycles. The lowest BCUT2D eigenvalue weighted by Gasteiger charge is -2.33. The number of furan rings is 1. The van der Waals surface area contributed by atoms with Crippen molar-refractivity contribution in [3.8, 4) is 5.75 Å². The Labute approximate surface area is 228 Å². The van der Waals surface area contributed by atoms with Crippen molar-refractivity contribution >= 4 is 28.5 Å². The first kappa shape index (κ1) is 26.0. The number of carbonyl (C=O) groups is 1. The quantitative estimate of drug-likeness (QED) is 0.239. The highest BCUT2D eigenvalue weighted by Crippen LogP contribution is 2.45. The molecule has 6 heteroatoms. The van der Waals surface area contributed by atoms with Crippen molar-refractivity contribution in [1.82, 2.24) is 5.32 Å². The zero-order valence-electron chi connectivity index (χ0n) is 22.2. The molecule has 2 aromatic heterocycles. The molecule has 1 aliphatic carbocycles. The lowest BCUT2D eigenvalue weighted by atomic mass is 9.72. The van der Waals surface area contributed by atoms with E-state index in [1.807, 2.05) is 72.9 Å². The van der Waals surface area contributed by atoms with E-state index < -0.39 is 0 Å². The molecule has 0 radical (unpaired) electrons. The zero-order chi connectivity index (χ0) is 26.5. The van der Waals surface area contributed by atoms with Crippen LogP contribution in [0.2, 0.25) is 0 Å². The van der Waals surface area contributed by atoms with Crippen LogP contribution >= 0.6 is 11.3 Å². The molecule has 4 aromatic rings. The van der Waals surface area contributed by atoms with Crippen molar-refractivity contribution < 1.29 is 13.9 Å². The number of thiophene rings is 1. The summed E-state index contributed by atoms with van der Waals surface area (Å²) in [6, 6.07) is 21.7. The molecule has 1 atom stereocenters. The van der Waals surface area contributed by atoms with Crippen molar-refractivity contribution in [2.24, 2.45) is 16.3 Å². The van der Waals surface area contributed by atoms with Crippen LogP contribution in [-0.2, 0) is 26.0 Å². The number of rotatable bonds is 8. The number of benzene rings is 2. The van der Waals surface area contributed by atoms with E-state index in [4.69, 9.17) is 14.1 Å². The molecule has 0 spiro atoms. The predicted molar refractivity (Wildman–Crippen MR) is 154 cm³/mol. The second kappa shape index (κ2) is 11.4. The topological polar surface area (TPSA) is 63.8 Å². The summed E-state index contributed by atoms with van der Waals surface area (Å²) in [7, 11) is 0. The summed E-state index contributed by atoms with van der Waals surface area (Å²) in [4.78, 5) is 19.5. The van der Waals surface area contributed by atoms with Gasteiger partial charge in [-0.3, -0.25) is 4.79 Å². The van der Waals surface area contributed by atoms with Gasteiger partial charge in [-0.1, -0.05) is 51.1 Å². The first-order valence-corrected chi connectivity index (χ1v) is 13.9. The van der Waals surface area contributed by atoms with Gasteiger partial charge in [-0.2, -0.15) is 0 Å². The summed E-state index contributed by atoms with van der Waals surface area (Å²) in [5, 5.41) is 3.81. The van der Waals surface area contributed by atoms with Gasteiger partial charge in [-0.25, -0.2) is 4.99 Å². The molecule has 2 aromatic carbocycles. The van der Waals surface area contributed by atoms with Gasteiger partial charge in [-0.05, 0) is 83.7 Å². The van der Waals surface area contributed by atoms with E-state index in [1.54, 1.807) is 17.6 Å². The standard InChI is InChI=1S/C32H34N2O3S/c1-32(2,3)24-13-16-27-28(18-24)38-31(29(27)30(35)33-20-26-10-7-17-36-26)34-19-22-11-14-25(15-12-22)37-21-23-8-5-4-6-9-23/h4-12,14-15,17,19,24H,13,16,18,20-21H2,1-3H3,(H,33,35)/t24-/m1/s1. The van der Waals surface area contributed by atoms with Gasteiger partial charge < -0.3 is 14.5 Å². The number of carbonyl (C=O) groups excluding carboxylic acids is 1. The smallest absolute Gasteiger partial charge is 0.255 e. The van der Waals surface area contributed by atoms with Crippen molar-refractivity contribution in [1.29, 1.82) is 0 Å². The zero-order valence-corrected chi connectivity index (χ0v) is 23.0. The van der Waals surface area contributed by atoms with Crippen LogP contribution in [0.4, 0.5) is 5.00 Å². The third-order valence-electron chi connectivity index (χ3n) is 7.16. The van der Waals surface area contributed by atoms with Gasteiger partial charge in [0.25, 0.3) is 5.91 Å². The average molecular weight is 527 g/mol. The number of hydrogen-bond donors (Lipinski definition) is 1. The fraction of sp³-hybridized carbons (Fsp3) is 0.312. The molecule has 196 valence electrons. The summed E-state index contributed by atoms with van der Waals surface area (Å²) in [5.41, 5.74) is 4.19. The van der Waals surface area contributed by atoms with Gasteiger partial charge in [0.2, 0.25) is 0 Å². The summed E-state index contributed by atoms with van der Waals surface area (Å²) < 4.78 is 11.3. The summed E-state index contributed by atoms with van der Waals surface area (Å²) >= 11 is 1.65. The number of ether oxygens (including phenoxy) is 1. The molecule has 38 heavy (non-hydrogen) atoms. The van der Waals surface area contributed by atoms with Crippen LogP contribution in [0.1, 0.15) is 64.9 Å². The van der Waals surface area contributed by atoms with E-state index in [2.05, 4.69) is 26.1 Å². The van der Waals surface area contributed by atoms with Gasteiger partial charge in [0.1, 0.15) is 23.1 Å². The molecule has 5 nitrogen and oxygen atoms in total. The highest BCUT2D eigenvalue weighted by Gasteiger charge is 2.33. The minimum absolute atomic E-state index is 0.0927. The molecule has 0 bridgehead atoms. The van der Waals surface area contributed by atoms with Crippen LogP contribution in [0.25, 0.3) is 0 Å². The van der Waals surface area contributed by atoms with Gasteiger partial charge in [0.05, 0.1) is 18.4 Å². The van der Waals surface area contributed by atoms with Crippen LogP contribution in [0, 0.1) is 11.3 Å². The Kier molecular flexibility index (Phi) is 7.79. The highest BCUT2D eigenvalue weighted by molar-refractivity contribution is 7.16. The fourth-order valence-corrected chi connectivity index (χ4v) is 6.10. The third kappa shape index (κ3) is 6.25. The summed E-state index contributed by atoms with van der Waals surface area (Å²) in [6.07, 6.45) is 6.43. The van der Waals surface area contributed by atoms with E-state index in [-0.39, 0.29) is 11.3 Å². The number of nitrogens with one attached hydrogen (secondary N) is 1. The monoisotopic (exact) mass is 526 g/mol. The van der Waals surface area contributed by atoms with E-state index in [1.165, 1.54) is 4.88 Å². The Balaban J connectivity index is 1.34. The molecule has 1 N–H and O–H groups in total. The molecule has 0 unspecified atom stereocenters. The van der Waals surface area contributed by atoms with Crippen LogP contribution in [0.5, 0.6) is 5.75 Å². The Morgan fingerprint density at radius 3 is 2.61 bits per heavy atom. The van der Waals surface area contributed by atoms with E-state index in [0.717, 1.165) is 52.5 Å². The highest BCUT2D eigenvalue weighted by atomic mass is 32.1. The maximum atomic E-state index is 13.4. The first-order valence-electron chi connectivity index (χ1n) is 13.1. The van der Waals surface area contributed by atoms with Crippen molar-refractivity contribution in [3.05, 3.63) is 106 Å². The minimum atomic E-state index is -0.0927. The van der Waals surface area contributed by atoms with E-state index in [9.17, 15) is 4.79 Å². The molecule has 0 saturated carbocycles. The largest absolute Gasteiger partial charge is 0.489 e. The maximum absolute atomic E-state index is 13.4. The minimum Gasteiger partial charge on any atom is -0.489 e. The Bertz CT molecular complexity index is 1380. The number of fused-ring (bicyclic) bond motifs is 1. The Hall–Kier alpha value is -3.64. The molecule has 0 fully saturated rings. The Morgan fingerprint density at radius 1 is 1.11 bits per heavy atom. The fourth-order valence-electron chi connectivity index (χ4n) is 4.83. The second-order valence-corrected chi connectivity index (χ2v) is 11.9.